The van der Waals surface area contributed by atoms with Crippen LogP contribution >= 0.6 is 0 Å². The monoisotopic (exact) mass is 492 g/mol. The van der Waals surface area contributed by atoms with Crippen LogP contribution in [0.5, 0.6) is 11.5 Å². The predicted octanol–water partition coefficient (Wildman–Crippen LogP) is -2.90. The predicted molar refractivity (Wildman–Crippen MR) is 111 cm³/mol. The maximum Gasteiger partial charge on any atom is 0.189 e. The van der Waals surface area contributed by atoms with Gasteiger partial charge in [-0.1, -0.05) is 13.0 Å². The average Bonchev–Trinajstić information content (AvgIpc) is 2.83. The second-order valence-corrected chi connectivity index (χ2v) is 8.34. The van der Waals surface area contributed by atoms with E-state index in [0.717, 1.165) is 5.56 Å². The summed E-state index contributed by atoms with van der Waals surface area (Å²) in [5.41, 5.74) is 0.756. The van der Waals surface area contributed by atoms with E-state index in [1.807, 2.05) is 6.92 Å². The maximum atomic E-state index is 10.7. The van der Waals surface area contributed by atoms with Crippen LogP contribution in [0.4, 0.5) is 0 Å². The summed E-state index contributed by atoms with van der Waals surface area (Å²) in [6.07, 6.45) is -16.4. The van der Waals surface area contributed by atoms with E-state index in [-0.39, 0.29) is 24.0 Å². The number of rotatable bonds is 8. The van der Waals surface area contributed by atoms with Gasteiger partial charge in [-0.2, -0.15) is 0 Å². The summed E-state index contributed by atoms with van der Waals surface area (Å²) in [5.74, 6) is -0.00446. The van der Waals surface area contributed by atoms with Crippen molar-refractivity contribution in [3.63, 3.8) is 0 Å². The quantitative estimate of drug-likeness (QED) is 0.183. The smallest absolute Gasteiger partial charge is 0.189 e. The standard InChI is InChI=1S/C21H32O13/c1-8(9-3-4-10(23)11(5-9)30-2)7-31-20-17(28)18(13(24)12(6-22)32-20)33-21-16(27)14(25)15(26)19(29)34-21/h3-5,8,12-29H,6-7H2,1-2H3/t8?,12-,13-,14-,15-,16-,17-,18+,19+,20-,21-/m1/s1. The molecule has 1 unspecified atom stereocenters. The molecule has 2 fully saturated rings. The topological polar surface area (TPSA) is 208 Å². The van der Waals surface area contributed by atoms with Gasteiger partial charge >= 0.3 is 0 Å². The Kier molecular flexibility index (Phi) is 9.05. The Morgan fingerprint density at radius 3 is 2.26 bits per heavy atom. The lowest BCUT2D eigenvalue weighted by molar-refractivity contribution is -0.378. The first-order valence-electron chi connectivity index (χ1n) is 10.7. The van der Waals surface area contributed by atoms with Gasteiger partial charge in [0, 0.05) is 5.92 Å². The first-order valence-corrected chi connectivity index (χ1v) is 10.7. The molecule has 0 saturated carbocycles. The van der Waals surface area contributed by atoms with E-state index in [0.29, 0.717) is 0 Å². The van der Waals surface area contributed by atoms with Crippen LogP contribution in [0, 0.1) is 0 Å². The van der Waals surface area contributed by atoms with Crippen molar-refractivity contribution in [2.45, 2.75) is 74.4 Å². The fourth-order valence-electron chi connectivity index (χ4n) is 3.79. The number of hydrogen-bond acceptors (Lipinski definition) is 13. The van der Waals surface area contributed by atoms with Crippen LogP contribution < -0.4 is 4.74 Å². The van der Waals surface area contributed by atoms with Gasteiger partial charge in [0.05, 0.1) is 20.3 Å². The Balaban J connectivity index is 1.69. The van der Waals surface area contributed by atoms with E-state index in [2.05, 4.69) is 0 Å². The normalized spacial score (nSPS) is 39.6. The molecule has 0 radical (unpaired) electrons. The van der Waals surface area contributed by atoms with Crippen molar-refractivity contribution in [2.75, 3.05) is 20.3 Å². The third-order valence-electron chi connectivity index (χ3n) is 5.94. The van der Waals surface area contributed by atoms with Crippen molar-refractivity contribution in [1.29, 1.82) is 0 Å². The van der Waals surface area contributed by atoms with Gasteiger partial charge in [-0.3, -0.25) is 0 Å². The number of phenols is 1. The number of aromatic hydroxyl groups is 1. The number of phenolic OH excluding ortho intramolecular Hbond substituents is 1. The highest BCUT2D eigenvalue weighted by Gasteiger charge is 2.50. The van der Waals surface area contributed by atoms with Gasteiger partial charge < -0.3 is 64.5 Å². The lowest BCUT2D eigenvalue weighted by atomic mass is 9.97. The highest BCUT2D eigenvalue weighted by Crippen LogP contribution is 2.32. The van der Waals surface area contributed by atoms with Gasteiger partial charge in [-0.05, 0) is 17.7 Å². The summed E-state index contributed by atoms with van der Waals surface area (Å²) in [7, 11) is 1.42. The van der Waals surface area contributed by atoms with Crippen molar-refractivity contribution >= 4 is 0 Å². The minimum atomic E-state index is -1.89. The van der Waals surface area contributed by atoms with Crippen molar-refractivity contribution in [3.05, 3.63) is 23.8 Å². The number of methoxy groups -OCH3 is 1. The first kappa shape index (κ1) is 27.0. The van der Waals surface area contributed by atoms with Crippen molar-refractivity contribution < 1.29 is 64.5 Å². The molecule has 0 bridgehead atoms. The molecule has 2 saturated heterocycles. The van der Waals surface area contributed by atoms with Crippen LogP contribution in [-0.2, 0) is 18.9 Å². The molecule has 0 aliphatic carbocycles. The van der Waals surface area contributed by atoms with Gasteiger partial charge in [0.1, 0.15) is 42.7 Å². The molecule has 11 atom stereocenters. The molecule has 2 aliphatic rings. The summed E-state index contributed by atoms with van der Waals surface area (Å²) < 4.78 is 26.6. The van der Waals surface area contributed by atoms with Gasteiger partial charge in [-0.15, -0.1) is 0 Å². The summed E-state index contributed by atoms with van der Waals surface area (Å²) in [6.45, 7) is 1.17. The van der Waals surface area contributed by atoms with Crippen LogP contribution in [0.25, 0.3) is 0 Å². The third kappa shape index (κ3) is 5.61. The summed E-state index contributed by atoms with van der Waals surface area (Å²) >= 11 is 0. The van der Waals surface area contributed by atoms with E-state index < -0.39 is 68.2 Å². The zero-order chi connectivity index (χ0) is 25.2. The molecule has 1 aromatic carbocycles. The summed E-state index contributed by atoms with van der Waals surface area (Å²) in [4.78, 5) is 0. The van der Waals surface area contributed by atoms with Crippen LogP contribution in [-0.4, -0.2) is 123 Å². The molecule has 0 aromatic heterocycles. The fraction of sp³-hybridized carbons (Fsp3) is 0.714. The Morgan fingerprint density at radius 1 is 0.912 bits per heavy atom. The number of benzene rings is 1. The molecule has 13 heteroatoms. The van der Waals surface area contributed by atoms with Gasteiger partial charge in [0.2, 0.25) is 0 Å². The lowest BCUT2D eigenvalue weighted by Crippen LogP contribution is -2.64. The van der Waals surface area contributed by atoms with Crippen molar-refractivity contribution in [2.24, 2.45) is 0 Å². The summed E-state index contributed by atoms with van der Waals surface area (Å²) in [6, 6.07) is 4.76. The van der Waals surface area contributed by atoms with E-state index in [4.69, 9.17) is 23.7 Å². The first-order chi connectivity index (χ1) is 16.1. The zero-order valence-corrected chi connectivity index (χ0v) is 18.6. The lowest BCUT2D eigenvalue weighted by Gasteiger charge is -2.45. The van der Waals surface area contributed by atoms with Gasteiger partial charge in [-0.25, -0.2) is 0 Å². The molecule has 0 spiro atoms. The van der Waals surface area contributed by atoms with Crippen LogP contribution in [0.2, 0.25) is 0 Å². The largest absolute Gasteiger partial charge is 0.504 e. The molecule has 0 amide bonds. The molecule has 2 aliphatic heterocycles. The van der Waals surface area contributed by atoms with E-state index in [1.54, 1.807) is 12.1 Å². The molecule has 13 nitrogen and oxygen atoms in total. The fourth-order valence-corrected chi connectivity index (χ4v) is 3.79. The highest BCUT2D eigenvalue weighted by molar-refractivity contribution is 5.42. The molecule has 3 rings (SSSR count). The van der Waals surface area contributed by atoms with Crippen LogP contribution in [0.1, 0.15) is 18.4 Å². The molecule has 8 N–H and O–H groups in total. The molecule has 194 valence electrons. The second kappa shape index (κ2) is 11.4. The van der Waals surface area contributed by atoms with Gasteiger partial charge in [0.25, 0.3) is 0 Å². The van der Waals surface area contributed by atoms with E-state index in [9.17, 15) is 40.9 Å². The van der Waals surface area contributed by atoms with Crippen molar-refractivity contribution in [3.8, 4) is 11.5 Å². The van der Waals surface area contributed by atoms with Crippen molar-refractivity contribution in [1.82, 2.24) is 0 Å². The van der Waals surface area contributed by atoms with E-state index in [1.165, 1.54) is 13.2 Å². The molecular formula is C21H32O13. The second-order valence-electron chi connectivity index (χ2n) is 8.34. The van der Waals surface area contributed by atoms with Crippen LogP contribution in [0.3, 0.4) is 0 Å². The SMILES string of the molecule is COc1cc(C(C)CO[C@@H]2O[C@H](CO)[C@@H](O)[C@H](O[C@@H]3O[C@H](O)[C@H](O)[C@@H](O)[C@H]3O)[C@H]2O)ccc1O. The average molecular weight is 492 g/mol. The Bertz CT molecular complexity index is 794. The zero-order valence-electron chi connectivity index (χ0n) is 18.6. The van der Waals surface area contributed by atoms with E-state index >= 15 is 0 Å². The summed E-state index contributed by atoms with van der Waals surface area (Å²) in [5, 5.41) is 79.8. The van der Waals surface area contributed by atoms with Gasteiger partial charge in [0.15, 0.2) is 30.4 Å². The molecule has 34 heavy (non-hydrogen) atoms. The molecule has 1 aromatic rings. The number of hydrogen-bond donors (Lipinski definition) is 8. The minimum Gasteiger partial charge on any atom is -0.504 e. The Hall–Kier alpha value is -1.62. The number of ether oxygens (including phenoxy) is 5. The Labute approximate surface area is 195 Å². The maximum absolute atomic E-state index is 10.7. The minimum absolute atomic E-state index is 0.0167. The Morgan fingerprint density at radius 2 is 1.62 bits per heavy atom. The number of aliphatic hydroxyl groups is 7. The third-order valence-corrected chi connectivity index (χ3v) is 5.94. The number of aliphatic hydroxyl groups excluding tert-OH is 7. The molecule has 2 heterocycles. The molecular weight excluding hydrogens is 460 g/mol. The van der Waals surface area contributed by atoms with Crippen LogP contribution in [0.15, 0.2) is 18.2 Å². The highest BCUT2D eigenvalue weighted by atomic mass is 16.8.